The van der Waals surface area contributed by atoms with Crippen molar-refractivity contribution in [1.82, 2.24) is 0 Å². The number of hydrogen-bond acceptors (Lipinski definition) is 6. The van der Waals surface area contributed by atoms with Crippen molar-refractivity contribution in [3.8, 4) is 0 Å². The van der Waals surface area contributed by atoms with Crippen LogP contribution in [0.4, 0.5) is 14.5 Å². The van der Waals surface area contributed by atoms with Gasteiger partial charge in [0.1, 0.15) is 12.4 Å². The summed E-state index contributed by atoms with van der Waals surface area (Å²) in [6.45, 7) is -0.449. The summed E-state index contributed by atoms with van der Waals surface area (Å²) in [5, 5.41) is 0. The molecule has 2 rings (SSSR count). The average Bonchev–Trinajstić information content (AvgIpc) is 2.55. The molecule has 0 aromatic heterocycles. The Morgan fingerprint density at radius 3 is 2.50 bits per heavy atom. The molecule has 0 fully saturated rings. The fourth-order valence-electron chi connectivity index (χ4n) is 2.03. The van der Waals surface area contributed by atoms with Crippen molar-refractivity contribution in [2.24, 2.45) is 0 Å². The summed E-state index contributed by atoms with van der Waals surface area (Å²) in [5.74, 6) is -3.96. The zero-order valence-electron chi connectivity index (χ0n) is 11.9. The molecule has 0 spiro atoms. The van der Waals surface area contributed by atoms with Crippen LogP contribution in [0, 0.1) is 11.6 Å². The van der Waals surface area contributed by atoms with Crippen molar-refractivity contribution in [2.45, 2.75) is 0 Å². The zero-order chi connectivity index (χ0) is 16.3. The van der Waals surface area contributed by atoms with Gasteiger partial charge >= 0.3 is 11.9 Å². The summed E-state index contributed by atoms with van der Waals surface area (Å²) >= 11 is 0. The molecule has 0 atom stereocenters. The van der Waals surface area contributed by atoms with Crippen LogP contribution in [0.25, 0.3) is 0 Å². The highest BCUT2D eigenvalue weighted by Crippen LogP contribution is 2.29. The molecule has 1 aromatic rings. The highest BCUT2D eigenvalue weighted by molar-refractivity contribution is 6.03. The molecule has 0 radical (unpaired) electrons. The van der Waals surface area contributed by atoms with Crippen LogP contribution in [0.3, 0.4) is 0 Å². The molecule has 0 N–H and O–H groups in total. The smallest absolute Gasteiger partial charge is 0.355 e. The van der Waals surface area contributed by atoms with Crippen LogP contribution in [0.2, 0.25) is 0 Å². The maximum absolute atomic E-state index is 14.0. The molecular formula is C14H13F2NO5. The Hall–Kier alpha value is -2.48. The lowest BCUT2D eigenvalue weighted by Crippen LogP contribution is -2.39. The van der Waals surface area contributed by atoms with E-state index in [1.54, 1.807) is 0 Å². The average molecular weight is 313 g/mol. The number of nitrogens with zero attached hydrogens (tertiary/aromatic N) is 1. The maximum atomic E-state index is 14.0. The maximum Gasteiger partial charge on any atom is 0.355 e. The Kier molecular flexibility index (Phi) is 4.71. The molecular weight excluding hydrogens is 300 g/mol. The number of methoxy groups -OCH3 is 2. The number of ether oxygens (including phenoxy) is 3. The second kappa shape index (κ2) is 6.52. The van der Waals surface area contributed by atoms with Gasteiger partial charge in [0.05, 0.1) is 32.1 Å². The number of halogens is 2. The van der Waals surface area contributed by atoms with Crippen molar-refractivity contribution in [3.63, 3.8) is 0 Å². The summed E-state index contributed by atoms with van der Waals surface area (Å²) in [7, 11) is 2.24. The molecule has 6 nitrogen and oxygen atoms in total. The van der Waals surface area contributed by atoms with E-state index in [1.807, 2.05) is 0 Å². The number of carbonyl (C=O) groups is 2. The summed E-state index contributed by atoms with van der Waals surface area (Å²) in [6, 6.07) is 3.46. The Morgan fingerprint density at radius 1 is 1.18 bits per heavy atom. The van der Waals surface area contributed by atoms with E-state index in [0.29, 0.717) is 0 Å². The number of hydrogen-bond donors (Lipinski definition) is 0. The van der Waals surface area contributed by atoms with Gasteiger partial charge in [-0.3, -0.25) is 0 Å². The van der Waals surface area contributed by atoms with Crippen LogP contribution >= 0.6 is 0 Å². The van der Waals surface area contributed by atoms with E-state index in [2.05, 4.69) is 9.47 Å². The molecule has 0 bridgehead atoms. The second-order valence-electron chi connectivity index (χ2n) is 4.29. The Balaban J connectivity index is 2.60. The van der Waals surface area contributed by atoms with Gasteiger partial charge in [-0.15, -0.1) is 0 Å². The molecule has 8 heteroatoms. The van der Waals surface area contributed by atoms with Crippen molar-refractivity contribution in [3.05, 3.63) is 41.1 Å². The van der Waals surface area contributed by atoms with Crippen molar-refractivity contribution in [2.75, 3.05) is 32.5 Å². The lowest BCUT2D eigenvalue weighted by atomic mass is 10.1. The predicted molar refractivity (Wildman–Crippen MR) is 70.7 cm³/mol. The molecule has 0 saturated carbocycles. The molecule has 0 saturated heterocycles. The van der Waals surface area contributed by atoms with E-state index in [9.17, 15) is 18.4 Å². The number of anilines is 1. The minimum absolute atomic E-state index is 0.135. The van der Waals surface area contributed by atoms with E-state index < -0.39 is 23.6 Å². The number of carbonyl (C=O) groups excluding carboxylic acids is 2. The van der Waals surface area contributed by atoms with Crippen LogP contribution in [0.15, 0.2) is 29.5 Å². The third kappa shape index (κ3) is 2.77. The molecule has 0 amide bonds. The molecule has 118 valence electrons. The van der Waals surface area contributed by atoms with Crippen molar-refractivity contribution < 1.29 is 32.6 Å². The third-order valence-electron chi connectivity index (χ3n) is 3.06. The van der Waals surface area contributed by atoms with Gasteiger partial charge in [0.25, 0.3) is 0 Å². The highest BCUT2D eigenvalue weighted by Gasteiger charge is 2.33. The van der Waals surface area contributed by atoms with Gasteiger partial charge in [-0.05, 0) is 12.1 Å². The summed E-state index contributed by atoms with van der Waals surface area (Å²) in [6.07, 6.45) is 0. The van der Waals surface area contributed by atoms with E-state index >= 15 is 0 Å². The highest BCUT2D eigenvalue weighted by atomic mass is 19.2. The Labute approximate surface area is 124 Å². The summed E-state index contributed by atoms with van der Waals surface area (Å²) < 4.78 is 41.7. The van der Waals surface area contributed by atoms with Crippen LogP contribution in [0.5, 0.6) is 0 Å². The predicted octanol–water partition coefficient (Wildman–Crippen LogP) is 1.36. The first-order valence-electron chi connectivity index (χ1n) is 6.20. The summed E-state index contributed by atoms with van der Waals surface area (Å²) in [4.78, 5) is 24.8. The summed E-state index contributed by atoms with van der Waals surface area (Å²) in [5.41, 5.74) is -0.629. The van der Waals surface area contributed by atoms with Crippen molar-refractivity contribution in [1.29, 1.82) is 0 Å². The molecule has 22 heavy (non-hydrogen) atoms. The lowest BCUT2D eigenvalue weighted by Gasteiger charge is -2.31. The van der Waals surface area contributed by atoms with E-state index in [4.69, 9.17) is 4.74 Å². The first kappa shape index (κ1) is 15.9. The lowest BCUT2D eigenvalue weighted by molar-refractivity contribution is -0.140. The van der Waals surface area contributed by atoms with Gasteiger partial charge in [0, 0.05) is 0 Å². The van der Waals surface area contributed by atoms with Gasteiger partial charge in [-0.1, -0.05) is 6.07 Å². The normalized spacial score (nSPS) is 14.8. The Bertz CT molecular complexity index is 644. The van der Waals surface area contributed by atoms with Crippen LogP contribution in [-0.2, 0) is 23.8 Å². The van der Waals surface area contributed by atoms with E-state index in [0.717, 1.165) is 25.2 Å². The zero-order valence-corrected chi connectivity index (χ0v) is 11.9. The van der Waals surface area contributed by atoms with Crippen LogP contribution in [-0.4, -0.2) is 39.5 Å². The van der Waals surface area contributed by atoms with Gasteiger partial charge in [-0.2, -0.15) is 0 Å². The molecule has 1 aliphatic heterocycles. The third-order valence-corrected chi connectivity index (χ3v) is 3.06. The van der Waals surface area contributed by atoms with E-state index in [-0.39, 0.29) is 30.3 Å². The number of esters is 2. The number of rotatable bonds is 3. The van der Waals surface area contributed by atoms with Gasteiger partial charge in [0.15, 0.2) is 11.6 Å². The molecule has 1 heterocycles. The number of benzene rings is 1. The largest absolute Gasteiger partial charge is 0.466 e. The first-order valence-corrected chi connectivity index (χ1v) is 6.20. The van der Waals surface area contributed by atoms with Gasteiger partial charge in [0.2, 0.25) is 0 Å². The minimum atomic E-state index is -1.17. The Morgan fingerprint density at radius 2 is 1.86 bits per heavy atom. The quantitative estimate of drug-likeness (QED) is 0.785. The first-order chi connectivity index (χ1) is 10.5. The van der Waals surface area contributed by atoms with Crippen LogP contribution < -0.4 is 4.90 Å². The standard InChI is InChI=1S/C14H13F2NO5/c1-20-13(18)8-6-22-7-17(12(8)14(19)21-2)10-5-3-4-9(15)11(10)16/h3-5H,6-7H2,1-2H3. The molecule has 0 unspecified atom stereocenters. The minimum Gasteiger partial charge on any atom is -0.466 e. The topological polar surface area (TPSA) is 65.1 Å². The van der Waals surface area contributed by atoms with Crippen LogP contribution in [0.1, 0.15) is 0 Å². The van der Waals surface area contributed by atoms with Gasteiger partial charge < -0.3 is 19.1 Å². The van der Waals surface area contributed by atoms with Gasteiger partial charge in [-0.25, -0.2) is 18.4 Å². The van der Waals surface area contributed by atoms with E-state index in [1.165, 1.54) is 12.1 Å². The fraction of sp³-hybridized carbons (Fsp3) is 0.286. The molecule has 0 aliphatic carbocycles. The SMILES string of the molecule is COC(=O)C1=C(C(=O)OC)N(c2cccc(F)c2F)COC1. The monoisotopic (exact) mass is 313 g/mol. The fourth-order valence-corrected chi connectivity index (χ4v) is 2.03. The molecule has 1 aromatic carbocycles. The van der Waals surface area contributed by atoms with Crippen molar-refractivity contribution >= 4 is 17.6 Å². The second-order valence-corrected chi connectivity index (χ2v) is 4.29. The molecule has 1 aliphatic rings.